The number of carbonyl (C=O) groups is 1. The molecule has 21 heavy (non-hydrogen) atoms. The van der Waals surface area contributed by atoms with Crippen molar-refractivity contribution in [1.82, 2.24) is 0 Å². The molecule has 8 heteroatoms. The molecule has 0 aliphatic rings. The number of carboxylic acid groups (broad SMARTS) is 1. The highest BCUT2D eigenvalue weighted by Crippen LogP contribution is 2.23. The SMILES string of the molecule is CS(=O)(=O)OCCSc1cccc(OCCCC(=O)O)c1. The van der Waals surface area contributed by atoms with Crippen molar-refractivity contribution in [3.8, 4) is 5.75 Å². The minimum absolute atomic E-state index is 0.0806. The van der Waals surface area contributed by atoms with Crippen LogP contribution in [0, 0.1) is 0 Å². The number of aliphatic carboxylic acids is 1. The second kappa shape index (κ2) is 8.91. The zero-order chi connectivity index (χ0) is 15.7. The van der Waals surface area contributed by atoms with Crippen molar-refractivity contribution in [3.63, 3.8) is 0 Å². The van der Waals surface area contributed by atoms with Crippen LogP contribution in [0.1, 0.15) is 12.8 Å². The van der Waals surface area contributed by atoms with Crippen LogP contribution < -0.4 is 4.74 Å². The van der Waals surface area contributed by atoms with Gasteiger partial charge < -0.3 is 9.84 Å². The van der Waals surface area contributed by atoms with Gasteiger partial charge in [-0.1, -0.05) is 6.07 Å². The molecule has 0 spiro atoms. The second-order valence-corrected chi connectivity index (χ2v) is 7.01. The molecule has 0 aromatic heterocycles. The first-order valence-corrected chi connectivity index (χ1v) is 9.09. The van der Waals surface area contributed by atoms with Gasteiger partial charge in [0.25, 0.3) is 10.1 Å². The molecular weight excluding hydrogens is 316 g/mol. The quantitative estimate of drug-likeness (QED) is 0.397. The van der Waals surface area contributed by atoms with Gasteiger partial charge in [0, 0.05) is 17.1 Å². The average molecular weight is 334 g/mol. The van der Waals surface area contributed by atoms with Gasteiger partial charge in [-0.15, -0.1) is 11.8 Å². The van der Waals surface area contributed by atoms with Crippen molar-refractivity contribution in [1.29, 1.82) is 0 Å². The summed E-state index contributed by atoms with van der Waals surface area (Å²) in [5, 5.41) is 8.52. The molecule has 0 radical (unpaired) electrons. The lowest BCUT2D eigenvalue weighted by atomic mass is 10.3. The fourth-order valence-corrected chi connectivity index (χ4v) is 2.68. The molecule has 0 heterocycles. The highest BCUT2D eigenvalue weighted by Gasteiger charge is 2.03. The highest BCUT2D eigenvalue weighted by atomic mass is 32.2. The molecular formula is C13H18O6S2. The van der Waals surface area contributed by atoms with Gasteiger partial charge in [0.05, 0.1) is 19.5 Å². The van der Waals surface area contributed by atoms with Crippen LogP contribution in [0.5, 0.6) is 5.75 Å². The van der Waals surface area contributed by atoms with Crippen molar-refractivity contribution < 1.29 is 27.2 Å². The van der Waals surface area contributed by atoms with Gasteiger partial charge in [0.15, 0.2) is 0 Å². The third-order valence-corrected chi connectivity index (χ3v) is 3.81. The van der Waals surface area contributed by atoms with Gasteiger partial charge in [0.1, 0.15) is 5.75 Å². The molecule has 6 nitrogen and oxygen atoms in total. The van der Waals surface area contributed by atoms with Crippen LogP contribution in [-0.4, -0.2) is 44.7 Å². The summed E-state index contributed by atoms with van der Waals surface area (Å²) in [6, 6.07) is 7.32. The molecule has 0 fully saturated rings. The summed E-state index contributed by atoms with van der Waals surface area (Å²) in [5.41, 5.74) is 0. The second-order valence-electron chi connectivity index (χ2n) is 4.20. The molecule has 118 valence electrons. The summed E-state index contributed by atoms with van der Waals surface area (Å²) in [7, 11) is -3.39. The Labute approximate surface area is 128 Å². The number of hydrogen-bond acceptors (Lipinski definition) is 6. The van der Waals surface area contributed by atoms with E-state index in [4.69, 9.17) is 9.84 Å². The lowest BCUT2D eigenvalue weighted by molar-refractivity contribution is -0.137. The van der Waals surface area contributed by atoms with E-state index in [1.807, 2.05) is 18.2 Å². The topological polar surface area (TPSA) is 89.9 Å². The molecule has 0 amide bonds. The number of ether oxygens (including phenoxy) is 1. The van der Waals surface area contributed by atoms with E-state index in [0.717, 1.165) is 11.2 Å². The number of thioether (sulfide) groups is 1. The fourth-order valence-electron chi connectivity index (χ4n) is 1.41. The third kappa shape index (κ3) is 9.33. The Bertz CT molecular complexity index is 556. The minimum Gasteiger partial charge on any atom is -0.494 e. The van der Waals surface area contributed by atoms with Crippen LogP contribution in [-0.2, 0) is 19.1 Å². The van der Waals surface area contributed by atoms with Crippen LogP contribution in [0.4, 0.5) is 0 Å². The Morgan fingerprint density at radius 1 is 1.33 bits per heavy atom. The first-order valence-electron chi connectivity index (χ1n) is 6.29. The minimum atomic E-state index is -3.39. The van der Waals surface area contributed by atoms with E-state index < -0.39 is 16.1 Å². The van der Waals surface area contributed by atoms with Crippen molar-refractivity contribution >= 4 is 27.8 Å². The molecule has 0 unspecified atom stereocenters. The molecule has 1 aromatic carbocycles. The van der Waals surface area contributed by atoms with Crippen molar-refractivity contribution in [2.75, 3.05) is 25.2 Å². The number of hydrogen-bond donors (Lipinski definition) is 1. The Hall–Kier alpha value is -1.25. The zero-order valence-electron chi connectivity index (χ0n) is 11.6. The predicted molar refractivity (Wildman–Crippen MR) is 80.3 cm³/mol. The van der Waals surface area contributed by atoms with E-state index in [1.165, 1.54) is 11.8 Å². The van der Waals surface area contributed by atoms with E-state index in [9.17, 15) is 13.2 Å². The van der Waals surface area contributed by atoms with Gasteiger partial charge in [-0.25, -0.2) is 0 Å². The summed E-state index contributed by atoms with van der Waals surface area (Å²) in [4.78, 5) is 11.3. The highest BCUT2D eigenvalue weighted by molar-refractivity contribution is 7.99. The van der Waals surface area contributed by atoms with Crippen LogP contribution in [0.3, 0.4) is 0 Å². The predicted octanol–water partition coefficient (Wildman–Crippen LogP) is 2.00. The maximum absolute atomic E-state index is 10.8. The Morgan fingerprint density at radius 2 is 2.10 bits per heavy atom. The summed E-state index contributed by atoms with van der Waals surface area (Å²) in [6.07, 6.45) is 1.55. The van der Waals surface area contributed by atoms with Gasteiger partial charge in [0.2, 0.25) is 0 Å². The van der Waals surface area contributed by atoms with E-state index in [0.29, 0.717) is 24.5 Å². The first kappa shape index (κ1) is 17.8. The van der Waals surface area contributed by atoms with E-state index in [1.54, 1.807) is 6.07 Å². The Balaban J connectivity index is 2.33. The van der Waals surface area contributed by atoms with Crippen LogP contribution in [0.2, 0.25) is 0 Å². The van der Waals surface area contributed by atoms with Crippen molar-refractivity contribution in [2.24, 2.45) is 0 Å². The number of benzene rings is 1. The van der Waals surface area contributed by atoms with Crippen molar-refractivity contribution in [2.45, 2.75) is 17.7 Å². The lowest BCUT2D eigenvalue weighted by Crippen LogP contribution is -2.05. The normalized spacial score (nSPS) is 11.3. The Morgan fingerprint density at radius 3 is 2.76 bits per heavy atom. The van der Waals surface area contributed by atoms with Crippen LogP contribution in [0.15, 0.2) is 29.2 Å². The van der Waals surface area contributed by atoms with Gasteiger partial charge >= 0.3 is 5.97 Å². The van der Waals surface area contributed by atoms with Crippen LogP contribution >= 0.6 is 11.8 Å². The molecule has 0 aliphatic heterocycles. The summed E-state index contributed by atoms with van der Waals surface area (Å²) in [6.45, 7) is 0.463. The van der Waals surface area contributed by atoms with Gasteiger partial charge in [-0.3, -0.25) is 8.98 Å². The molecule has 1 aromatic rings. The molecule has 0 saturated carbocycles. The number of carboxylic acids is 1. The van der Waals surface area contributed by atoms with Gasteiger partial charge in [-0.2, -0.15) is 8.42 Å². The zero-order valence-corrected chi connectivity index (χ0v) is 13.3. The monoisotopic (exact) mass is 334 g/mol. The summed E-state index contributed by atoms with van der Waals surface area (Å²) in [5.74, 6) is 0.332. The molecule has 0 saturated heterocycles. The van der Waals surface area contributed by atoms with E-state index >= 15 is 0 Å². The summed E-state index contributed by atoms with van der Waals surface area (Å²) < 4.78 is 31.7. The lowest BCUT2D eigenvalue weighted by Gasteiger charge is -2.07. The standard InChI is InChI=1S/C13H18O6S2/c1-21(16,17)19-8-9-20-12-5-2-4-11(10-12)18-7-3-6-13(14)15/h2,4-5,10H,3,6-9H2,1H3,(H,14,15). The summed E-state index contributed by atoms with van der Waals surface area (Å²) >= 11 is 1.46. The van der Waals surface area contributed by atoms with E-state index in [2.05, 4.69) is 4.18 Å². The average Bonchev–Trinajstić information content (AvgIpc) is 2.39. The molecule has 1 N–H and O–H groups in total. The van der Waals surface area contributed by atoms with Crippen LogP contribution in [0.25, 0.3) is 0 Å². The smallest absolute Gasteiger partial charge is 0.303 e. The van der Waals surface area contributed by atoms with E-state index in [-0.39, 0.29) is 13.0 Å². The maximum Gasteiger partial charge on any atom is 0.303 e. The molecule has 1 rings (SSSR count). The molecule has 0 bridgehead atoms. The Kier molecular flexibility index (Phi) is 7.55. The molecule has 0 aliphatic carbocycles. The van der Waals surface area contributed by atoms with Gasteiger partial charge in [-0.05, 0) is 24.6 Å². The maximum atomic E-state index is 10.8. The van der Waals surface area contributed by atoms with Crippen molar-refractivity contribution in [3.05, 3.63) is 24.3 Å². The fraction of sp³-hybridized carbons (Fsp3) is 0.462. The number of rotatable bonds is 10. The molecule has 0 atom stereocenters. The third-order valence-electron chi connectivity index (χ3n) is 2.26. The first-order chi connectivity index (χ1) is 9.87. The largest absolute Gasteiger partial charge is 0.494 e.